The maximum atomic E-state index is 6.64. The summed E-state index contributed by atoms with van der Waals surface area (Å²) in [5.74, 6) is 1.63. The van der Waals surface area contributed by atoms with Gasteiger partial charge < -0.3 is 13.3 Å². The summed E-state index contributed by atoms with van der Waals surface area (Å²) < 4.78 is 19.4. The first-order valence-corrected chi connectivity index (χ1v) is 18.9. The van der Waals surface area contributed by atoms with Crippen molar-refractivity contribution in [2.24, 2.45) is 0 Å². The Kier molecular flexibility index (Phi) is 6.83. The summed E-state index contributed by atoms with van der Waals surface area (Å²) >= 11 is 0. The quantitative estimate of drug-likeness (QED) is 0.175. The molecule has 0 spiro atoms. The van der Waals surface area contributed by atoms with Crippen LogP contribution in [0.1, 0.15) is 0 Å². The van der Waals surface area contributed by atoms with E-state index in [1.54, 1.807) is 0 Å². The van der Waals surface area contributed by atoms with Gasteiger partial charge in [-0.05, 0) is 53.6 Å². The third-order valence-corrected chi connectivity index (χ3v) is 11.0. The smallest absolute Gasteiger partial charge is 0.164 e. The van der Waals surface area contributed by atoms with Crippen LogP contribution in [0.15, 0.2) is 189 Å². The summed E-state index contributed by atoms with van der Waals surface area (Å²) in [5, 5.41) is 6.38. The van der Waals surface area contributed by atoms with Crippen molar-refractivity contribution in [3.05, 3.63) is 176 Å². The molecular weight excluding hydrogens is 703 g/mol. The Morgan fingerprint density at radius 2 is 0.684 bits per heavy atom. The van der Waals surface area contributed by atoms with Crippen LogP contribution in [-0.4, -0.2) is 15.0 Å². The monoisotopic (exact) mass is 731 g/mol. The van der Waals surface area contributed by atoms with E-state index >= 15 is 0 Å². The predicted octanol–water partition coefficient (Wildman–Crippen LogP) is 13.9. The molecule has 0 aliphatic heterocycles. The minimum absolute atomic E-state index is 0.537. The highest BCUT2D eigenvalue weighted by Crippen LogP contribution is 2.40. The fraction of sp³-hybridized carbons (Fsp3) is 0. The van der Waals surface area contributed by atoms with Crippen LogP contribution in [0, 0.1) is 0 Å². The van der Waals surface area contributed by atoms with Crippen LogP contribution in [0.3, 0.4) is 0 Å². The molecule has 6 nitrogen and oxygen atoms in total. The zero-order valence-electron chi connectivity index (χ0n) is 30.3. The predicted molar refractivity (Wildman–Crippen MR) is 229 cm³/mol. The van der Waals surface area contributed by atoms with Gasteiger partial charge >= 0.3 is 0 Å². The first-order chi connectivity index (χ1) is 28.2. The molecule has 12 aromatic rings. The molecule has 266 valence electrons. The Morgan fingerprint density at radius 3 is 1.35 bits per heavy atom. The minimum Gasteiger partial charge on any atom is -0.456 e. The molecule has 6 heteroatoms. The van der Waals surface area contributed by atoms with Crippen molar-refractivity contribution < 1.29 is 13.3 Å². The Bertz CT molecular complexity index is 3540. The average Bonchev–Trinajstić information content (AvgIpc) is 3.97. The van der Waals surface area contributed by atoms with Crippen LogP contribution in [0.5, 0.6) is 0 Å². The van der Waals surface area contributed by atoms with Crippen LogP contribution in [0.25, 0.3) is 122 Å². The number of para-hydroxylation sites is 4. The zero-order chi connectivity index (χ0) is 37.5. The van der Waals surface area contributed by atoms with Crippen molar-refractivity contribution >= 4 is 65.8 Å². The Morgan fingerprint density at radius 1 is 0.263 bits per heavy atom. The molecule has 8 aromatic carbocycles. The van der Waals surface area contributed by atoms with Crippen molar-refractivity contribution in [2.45, 2.75) is 0 Å². The van der Waals surface area contributed by atoms with Gasteiger partial charge in [-0.15, -0.1) is 0 Å². The molecule has 0 unspecified atom stereocenters. The molecule has 0 atom stereocenters. The summed E-state index contributed by atoms with van der Waals surface area (Å²) in [6.45, 7) is 0. The van der Waals surface area contributed by atoms with Gasteiger partial charge in [-0.2, -0.15) is 0 Å². The molecule has 4 heterocycles. The number of benzene rings is 8. The van der Waals surface area contributed by atoms with Gasteiger partial charge in [0.1, 0.15) is 33.5 Å². The number of nitrogens with zero attached hydrogens (tertiary/aromatic N) is 3. The van der Waals surface area contributed by atoms with Crippen molar-refractivity contribution in [1.29, 1.82) is 0 Å². The maximum Gasteiger partial charge on any atom is 0.164 e. The largest absolute Gasteiger partial charge is 0.456 e. The summed E-state index contributed by atoms with van der Waals surface area (Å²) in [7, 11) is 0. The van der Waals surface area contributed by atoms with Gasteiger partial charge in [-0.3, -0.25) is 0 Å². The molecule has 0 aliphatic carbocycles. The van der Waals surface area contributed by atoms with Crippen LogP contribution in [-0.2, 0) is 0 Å². The molecule has 0 aliphatic rings. The molecule has 0 amide bonds. The Labute approximate surface area is 325 Å². The first kappa shape index (κ1) is 31.5. The van der Waals surface area contributed by atoms with E-state index in [0.717, 1.165) is 105 Å². The number of rotatable bonds is 5. The second-order valence-corrected chi connectivity index (χ2v) is 14.3. The topological polar surface area (TPSA) is 78.1 Å². The van der Waals surface area contributed by atoms with Gasteiger partial charge in [0.05, 0.1) is 0 Å². The van der Waals surface area contributed by atoms with Gasteiger partial charge in [0, 0.05) is 60.1 Å². The van der Waals surface area contributed by atoms with Crippen LogP contribution in [0.2, 0.25) is 0 Å². The normalized spacial score (nSPS) is 11.9. The number of furan rings is 3. The van der Waals surface area contributed by atoms with E-state index < -0.39 is 0 Å². The fourth-order valence-electron chi connectivity index (χ4n) is 8.21. The Hall–Kier alpha value is -7.83. The lowest BCUT2D eigenvalue weighted by atomic mass is 10.00. The third kappa shape index (κ3) is 5.08. The van der Waals surface area contributed by atoms with Gasteiger partial charge in [-0.1, -0.05) is 133 Å². The van der Waals surface area contributed by atoms with Gasteiger partial charge in [0.25, 0.3) is 0 Å². The van der Waals surface area contributed by atoms with Crippen molar-refractivity contribution in [3.8, 4) is 56.4 Å². The minimum atomic E-state index is 0.537. The third-order valence-electron chi connectivity index (χ3n) is 11.0. The second kappa shape index (κ2) is 12.3. The van der Waals surface area contributed by atoms with E-state index in [4.69, 9.17) is 28.2 Å². The van der Waals surface area contributed by atoms with Gasteiger partial charge in [-0.25, -0.2) is 15.0 Å². The fourth-order valence-corrected chi connectivity index (χ4v) is 8.21. The number of hydrogen-bond acceptors (Lipinski definition) is 6. The lowest BCUT2D eigenvalue weighted by Gasteiger charge is -2.10. The standard InChI is InChI=1S/C51H29N3O3/c1-2-11-30(12-3-1)35-17-9-20-42-40-26-24-34(29-46(40)57-47(35)42)51-53-49(52-50(54-51)33-23-25-39-37-15-4-6-21-43(37)55-45(39)28-33)32-14-8-13-31(27-32)36-18-10-19-41-38-16-5-7-22-44(38)56-48(36)41/h1-29H. The maximum absolute atomic E-state index is 6.64. The van der Waals surface area contributed by atoms with E-state index in [1.807, 2.05) is 78.9 Å². The number of aromatic nitrogens is 3. The van der Waals surface area contributed by atoms with Gasteiger partial charge in [0.15, 0.2) is 17.5 Å². The van der Waals surface area contributed by atoms with E-state index in [9.17, 15) is 0 Å². The molecule has 0 N–H and O–H groups in total. The summed E-state index contributed by atoms with van der Waals surface area (Å²) in [6, 6.07) is 59.8. The summed E-state index contributed by atoms with van der Waals surface area (Å²) in [6.07, 6.45) is 0. The lowest BCUT2D eigenvalue weighted by Crippen LogP contribution is -2.00. The van der Waals surface area contributed by atoms with Crippen molar-refractivity contribution in [1.82, 2.24) is 15.0 Å². The summed E-state index contributed by atoms with van der Waals surface area (Å²) in [5.41, 5.74) is 11.6. The van der Waals surface area contributed by atoms with Crippen molar-refractivity contribution in [3.63, 3.8) is 0 Å². The molecule has 0 fully saturated rings. The van der Waals surface area contributed by atoms with Gasteiger partial charge in [0.2, 0.25) is 0 Å². The molecule has 0 saturated carbocycles. The van der Waals surface area contributed by atoms with E-state index in [2.05, 4.69) is 97.1 Å². The highest BCUT2D eigenvalue weighted by Gasteiger charge is 2.19. The molecule has 4 aromatic heterocycles. The van der Waals surface area contributed by atoms with E-state index in [0.29, 0.717) is 17.5 Å². The highest BCUT2D eigenvalue weighted by atomic mass is 16.3. The van der Waals surface area contributed by atoms with Crippen molar-refractivity contribution in [2.75, 3.05) is 0 Å². The van der Waals surface area contributed by atoms with Crippen LogP contribution in [0.4, 0.5) is 0 Å². The van der Waals surface area contributed by atoms with Crippen LogP contribution < -0.4 is 0 Å². The highest BCUT2D eigenvalue weighted by molar-refractivity contribution is 6.11. The SMILES string of the molecule is c1ccc(-c2cccc3c2oc2cc(-c4nc(-c5cccc(-c6cccc7c6oc6ccccc67)c5)nc(-c5ccc6c(c5)oc5ccccc56)n4)ccc23)cc1. The molecule has 0 bridgehead atoms. The lowest BCUT2D eigenvalue weighted by molar-refractivity contribution is 0.669. The number of fused-ring (bicyclic) bond motifs is 9. The Balaban J connectivity index is 1.03. The first-order valence-electron chi connectivity index (χ1n) is 18.9. The molecule has 12 rings (SSSR count). The average molecular weight is 732 g/mol. The molecular formula is C51H29N3O3. The zero-order valence-corrected chi connectivity index (χ0v) is 30.3. The number of hydrogen-bond donors (Lipinski definition) is 0. The molecule has 57 heavy (non-hydrogen) atoms. The summed E-state index contributed by atoms with van der Waals surface area (Å²) in [4.78, 5) is 15.4. The van der Waals surface area contributed by atoms with E-state index in [1.165, 1.54) is 0 Å². The second-order valence-electron chi connectivity index (χ2n) is 14.3. The van der Waals surface area contributed by atoms with Crippen LogP contribution >= 0.6 is 0 Å². The molecule has 0 saturated heterocycles. The molecule has 0 radical (unpaired) electrons. The van der Waals surface area contributed by atoms with E-state index in [-0.39, 0.29) is 0 Å².